The lowest BCUT2D eigenvalue weighted by molar-refractivity contribution is -0.139. The van der Waals surface area contributed by atoms with E-state index in [9.17, 15) is 9.59 Å². The first-order valence-corrected chi connectivity index (χ1v) is 11.0. The molecule has 1 unspecified atom stereocenters. The highest BCUT2D eigenvalue weighted by molar-refractivity contribution is 6.35. The Bertz CT molecular complexity index is 806. The van der Waals surface area contributed by atoms with Gasteiger partial charge < -0.3 is 19.3 Å². The molecule has 1 aromatic rings. The summed E-state index contributed by atoms with van der Waals surface area (Å²) in [6.07, 6.45) is 2.74. The lowest BCUT2D eigenvalue weighted by atomic mass is 10.0. The summed E-state index contributed by atoms with van der Waals surface area (Å²) in [5, 5.41) is 0. The van der Waals surface area contributed by atoms with Crippen molar-refractivity contribution in [3.8, 4) is 5.75 Å². The molecule has 4 rings (SSSR count). The Kier molecular flexibility index (Phi) is 6.39. The highest BCUT2D eigenvalue weighted by Crippen LogP contribution is 2.33. The van der Waals surface area contributed by atoms with E-state index in [0.717, 1.165) is 56.8 Å². The van der Waals surface area contributed by atoms with Gasteiger partial charge in [-0.3, -0.25) is 14.5 Å². The molecule has 7 nitrogen and oxygen atoms in total. The monoisotopic (exact) mass is 413 g/mol. The van der Waals surface area contributed by atoms with Crippen molar-refractivity contribution < 1.29 is 19.1 Å². The van der Waals surface area contributed by atoms with Crippen LogP contribution in [0.2, 0.25) is 0 Å². The fourth-order valence-electron chi connectivity index (χ4n) is 4.24. The number of hydrogen-bond donors (Lipinski definition) is 0. The number of ether oxygens (including phenoxy) is 2. The normalized spacial score (nSPS) is 23.1. The lowest BCUT2D eigenvalue weighted by Gasteiger charge is -2.34. The van der Waals surface area contributed by atoms with Gasteiger partial charge in [0, 0.05) is 32.8 Å². The molecule has 3 aliphatic heterocycles. The molecule has 3 aliphatic rings. The highest BCUT2D eigenvalue weighted by atomic mass is 16.5. The first-order chi connectivity index (χ1) is 14.6. The standard InChI is InChI=1S/C23H31N3O4/c1-3-14-29-18-8-6-17(7-9-18)20-21(25-12-10-24(2)11-13-25)23(28)26(22(20)27)16-19-5-4-15-30-19/h6-9,19H,3-5,10-16H2,1-2H3. The van der Waals surface area contributed by atoms with Gasteiger partial charge >= 0.3 is 0 Å². The molecule has 2 amide bonds. The zero-order valence-corrected chi connectivity index (χ0v) is 17.9. The maximum atomic E-state index is 13.4. The quantitative estimate of drug-likeness (QED) is 0.637. The third kappa shape index (κ3) is 4.23. The van der Waals surface area contributed by atoms with Crippen LogP contribution in [0.25, 0.3) is 5.57 Å². The van der Waals surface area contributed by atoms with Crippen LogP contribution in [-0.4, -0.2) is 85.6 Å². The van der Waals surface area contributed by atoms with Crippen molar-refractivity contribution in [3.63, 3.8) is 0 Å². The van der Waals surface area contributed by atoms with E-state index >= 15 is 0 Å². The van der Waals surface area contributed by atoms with E-state index in [0.29, 0.717) is 31.0 Å². The van der Waals surface area contributed by atoms with E-state index in [1.54, 1.807) is 0 Å². The van der Waals surface area contributed by atoms with Gasteiger partial charge in [-0.2, -0.15) is 0 Å². The second kappa shape index (κ2) is 9.18. The summed E-state index contributed by atoms with van der Waals surface area (Å²) in [7, 11) is 2.08. The number of nitrogens with zero attached hydrogens (tertiary/aromatic N) is 3. The Labute approximate surface area is 178 Å². The molecular formula is C23H31N3O4. The number of carbonyl (C=O) groups is 2. The van der Waals surface area contributed by atoms with Gasteiger partial charge in [0.2, 0.25) is 0 Å². The van der Waals surface area contributed by atoms with Gasteiger partial charge in [0.1, 0.15) is 11.4 Å². The summed E-state index contributed by atoms with van der Waals surface area (Å²) < 4.78 is 11.4. The van der Waals surface area contributed by atoms with Crippen molar-refractivity contribution in [2.24, 2.45) is 0 Å². The minimum Gasteiger partial charge on any atom is -0.494 e. The Morgan fingerprint density at radius 3 is 2.43 bits per heavy atom. The number of piperazine rings is 1. The van der Waals surface area contributed by atoms with Gasteiger partial charge in [-0.15, -0.1) is 0 Å². The summed E-state index contributed by atoms with van der Waals surface area (Å²) in [4.78, 5) is 32.5. The van der Waals surface area contributed by atoms with Crippen LogP contribution in [-0.2, 0) is 14.3 Å². The van der Waals surface area contributed by atoms with Crippen LogP contribution in [0.4, 0.5) is 0 Å². The third-order valence-electron chi connectivity index (χ3n) is 5.99. The van der Waals surface area contributed by atoms with E-state index < -0.39 is 0 Å². The van der Waals surface area contributed by atoms with Crippen LogP contribution in [0.5, 0.6) is 5.75 Å². The maximum Gasteiger partial charge on any atom is 0.277 e. The van der Waals surface area contributed by atoms with Crippen LogP contribution in [0.15, 0.2) is 30.0 Å². The van der Waals surface area contributed by atoms with Crippen LogP contribution in [0, 0.1) is 0 Å². The molecule has 0 spiro atoms. The molecule has 1 aromatic carbocycles. The van der Waals surface area contributed by atoms with Gasteiger partial charge in [-0.1, -0.05) is 19.1 Å². The summed E-state index contributed by atoms with van der Waals surface area (Å²) in [5.41, 5.74) is 1.80. The topological polar surface area (TPSA) is 62.3 Å². The molecule has 162 valence electrons. The average molecular weight is 414 g/mol. The number of imide groups is 1. The van der Waals surface area contributed by atoms with Crippen molar-refractivity contribution in [2.45, 2.75) is 32.3 Å². The van der Waals surface area contributed by atoms with Crippen molar-refractivity contribution in [1.82, 2.24) is 14.7 Å². The number of amides is 2. The van der Waals surface area contributed by atoms with Gasteiger partial charge in [-0.25, -0.2) is 0 Å². The van der Waals surface area contributed by atoms with Gasteiger partial charge in [0.15, 0.2) is 0 Å². The molecular weight excluding hydrogens is 382 g/mol. The van der Waals surface area contributed by atoms with Crippen molar-refractivity contribution >= 4 is 17.4 Å². The fourth-order valence-corrected chi connectivity index (χ4v) is 4.24. The van der Waals surface area contributed by atoms with Crippen molar-refractivity contribution in [3.05, 3.63) is 35.5 Å². The average Bonchev–Trinajstić information content (AvgIpc) is 3.36. The van der Waals surface area contributed by atoms with E-state index in [2.05, 4.69) is 23.8 Å². The Morgan fingerprint density at radius 1 is 1.07 bits per heavy atom. The number of rotatable bonds is 7. The van der Waals surface area contributed by atoms with Gasteiger partial charge in [-0.05, 0) is 44.0 Å². The first kappa shape index (κ1) is 20.9. The van der Waals surface area contributed by atoms with E-state index in [1.165, 1.54) is 4.90 Å². The SMILES string of the molecule is CCCOc1ccc(C2=C(N3CCN(C)CC3)C(=O)N(CC3CCCO3)C2=O)cc1. The minimum atomic E-state index is -0.216. The number of hydrogen-bond acceptors (Lipinski definition) is 6. The molecule has 0 bridgehead atoms. The summed E-state index contributed by atoms with van der Waals surface area (Å²) in [5.74, 6) is 0.364. The zero-order chi connectivity index (χ0) is 21.1. The molecule has 0 aliphatic carbocycles. The highest BCUT2D eigenvalue weighted by Gasteiger charge is 2.43. The van der Waals surface area contributed by atoms with E-state index in [1.807, 2.05) is 24.3 Å². The summed E-state index contributed by atoms with van der Waals surface area (Å²) >= 11 is 0. The van der Waals surface area contributed by atoms with Crippen LogP contribution < -0.4 is 4.74 Å². The fraction of sp³-hybridized carbons (Fsp3) is 0.565. The summed E-state index contributed by atoms with van der Waals surface area (Å²) in [6, 6.07) is 7.52. The molecule has 0 radical (unpaired) electrons. The summed E-state index contributed by atoms with van der Waals surface area (Å²) in [6.45, 7) is 6.96. The third-order valence-corrected chi connectivity index (χ3v) is 5.99. The van der Waals surface area contributed by atoms with Crippen molar-refractivity contribution in [2.75, 3.05) is 53.0 Å². The Balaban J connectivity index is 1.64. The largest absolute Gasteiger partial charge is 0.494 e. The van der Waals surface area contributed by atoms with Crippen LogP contribution in [0.1, 0.15) is 31.7 Å². The second-order valence-corrected chi connectivity index (χ2v) is 8.24. The molecule has 2 fully saturated rings. The molecule has 3 heterocycles. The van der Waals surface area contributed by atoms with Gasteiger partial charge in [0.25, 0.3) is 11.8 Å². The molecule has 0 saturated carbocycles. The molecule has 1 atom stereocenters. The number of benzene rings is 1. The van der Waals surface area contributed by atoms with E-state index in [-0.39, 0.29) is 17.9 Å². The van der Waals surface area contributed by atoms with E-state index in [4.69, 9.17) is 9.47 Å². The van der Waals surface area contributed by atoms with Gasteiger partial charge in [0.05, 0.1) is 24.8 Å². The lowest BCUT2D eigenvalue weighted by Crippen LogP contribution is -2.46. The molecule has 7 heteroatoms. The van der Waals surface area contributed by atoms with Crippen LogP contribution in [0.3, 0.4) is 0 Å². The molecule has 2 saturated heterocycles. The number of likely N-dealkylation sites (N-methyl/N-ethyl adjacent to an activating group) is 1. The first-order valence-electron chi connectivity index (χ1n) is 11.0. The Morgan fingerprint density at radius 2 is 1.80 bits per heavy atom. The number of carbonyl (C=O) groups excluding carboxylic acids is 2. The molecule has 0 N–H and O–H groups in total. The predicted octanol–water partition coefficient (Wildman–Crippen LogP) is 1.98. The molecule has 0 aromatic heterocycles. The smallest absolute Gasteiger partial charge is 0.277 e. The second-order valence-electron chi connectivity index (χ2n) is 8.24. The zero-order valence-electron chi connectivity index (χ0n) is 17.9. The maximum absolute atomic E-state index is 13.4. The van der Waals surface area contributed by atoms with Crippen molar-refractivity contribution in [1.29, 1.82) is 0 Å². The predicted molar refractivity (Wildman–Crippen MR) is 114 cm³/mol. The minimum absolute atomic E-state index is 0.0594. The molecule has 30 heavy (non-hydrogen) atoms. The van der Waals surface area contributed by atoms with Crippen LogP contribution >= 0.6 is 0 Å². The Hall–Kier alpha value is -2.38.